The van der Waals surface area contributed by atoms with Crippen LogP contribution in [0, 0.1) is 5.82 Å². The van der Waals surface area contributed by atoms with Crippen molar-refractivity contribution in [2.75, 3.05) is 36.0 Å². The molecule has 0 atom stereocenters. The normalized spacial score (nSPS) is 14.4. The van der Waals surface area contributed by atoms with Crippen LogP contribution in [0.2, 0.25) is 0 Å². The number of aromatic nitrogens is 1. The molecule has 2 heterocycles. The summed E-state index contributed by atoms with van der Waals surface area (Å²) in [5.41, 5.74) is 12.6. The summed E-state index contributed by atoms with van der Waals surface area (Å²) in [7, 11) is 0. The minimum atomic E-state index is -0.665. The van der Waals surface area contributed by atoms with Gasteiger partial charge in [0.05, 0.1) is 16.8 Å². The second kappa shape index (κ2) is 6.76. The topological polar surface area (TPSA) is 106 Å². The molecule has 0 unspecified atom stereocenters. The maximum absolute atomic E-state index is 13.4. The highest BCUT2D eigenvalue weighted by molar-refractivity contribution is 5.99. The van der Waals surface area contributed by atoms with Gasteiger partial charge in [-0.15, -0.1) is 0 Å². The first kappa shape index (κ1) is 16.7. The van der Waals surface area contributed by atoms with Crippen molar-refractivity contribution in [2.45, 2.75) is 0 Å². The third kappa shape index (κ3) is 3.37. The number of hydrogen-bond acceptors (Lipinski definition) is 5. The molecule has 1 aliphatic heterocycles. The summed E-state index contributed by atoms with van der Waals surface area (Å²) in [6.45, 7) is 2.40. The number of anilines is 2. The lowest BCUT2D eigenvalue weighted by atomic mass is 10.1. The van der Waals surface area contributed by atoms with E-state index in [1.54, 1.807) is 18.3 Å². The Morgan fingerprint density at radius 2 is 1.48 bits per heavy atom. The second-order valence-electron chi connectivity index (χ2n) is 5.76. The zero-order chi connectivity index (χ0) is 18.0. The summed E-state index contributed by atoms with van der Waals surface area (Å²) < 4.78 is 13.4. The lowest BCUT2D eigenvalue weighted by Crippen LogP contribution is -2.47. The maximum Gasteiger partial charge on any atom is 0.252 e. The molecule has 8 heteroatoms. The molecular weight excluding hydrogens is 325 g/mol. The van der Waals surface area contributed by atoms with Crippen molar-refractivity contribution in [3.63, 3.8) is 0 Å². The predicted molar refractivity (Wildman–Crippen MR) is 92.1 cm³/mol. The molecule has 0 aliphatic carbocycles. The number of rotatable bonds is 4. The smallest absolute Gasteiger partial charge is 0.252 e. The molecule has 0 saturated carbocycles. The molecule has 130 valence electrons. The Bertz CT molecular complexity index is 818. The van der Waals surface area contributed by atoms with Gasteiger partial charge in [0, 0.05) is 44.3 Å². The molecule has 25 heavy (non-hydrogen) atoms. The third-order valence-electron chi connectivity index (χ3n) is 4.25. The predicted octanol–water partition coefficient (Wildman–Crippen LogP) is 0.745. The van der Waals surface area contributed by atoms with Crippen LogP contribution >= 0.6 is 0 Å². The zero-order valence-corrected chi connectivity index (χ0v) is 13.5. The first-order valence-corrected chi connectivity index (χ1v) is 7.80. The van der Waals surface area contributed by atoms with E-state index in [0.29, 0.717) is 37.4 Å². The number of piperazine rings is 1. The Hall–Kier alpha value is -3.16. The summed E-state index contributed by atoms with van der Waals surface area (Å²) in [6, 6.07) is 5.77. The number of carbonyl (C=O) groups excluding carboxylic acids is 2. The quantitative estimate of drug-likeness (QED) is 0.852. The number of benzene rings is 1. The van der Waals surface area contributed by atoms with Gasteiger partial charge in [-0.2, -0.15) is 0 Å². The van der Waals surface area contributed by atoms with Gasteiger partial charge in [0.25, 0.3) is 11.8 Å². The van der Waals surface area contributed by atoms with E-state index in [4.69, 9.17) is 11.5 Å². The number of nitrogens with zero attached hydrogens (tertiary/aromatic N) is 3. The van der Waals surface area contributed by atoms with Crippen LogP contribution in [0.4, 0.5) is 15.8 Å². The van der Waals surface area contributed by atoms with Gasteiger partial charge >= 0.3 is 0 Å². The minimum absolute atomic E-state index is 0.162. The molecule has 1 aromatic heterocycles. The fourth-order valence-electron chi connectivity index (χ4n) is 3.02. The summed E-state index contributed by atoms with van der Waals surface area (Å²) >= 11 is 0. The summed E-state index contributed by atoms with van der Waals surface area (Å²) in [5, 5.41) is 0. The molecule has 3 rings (SSSR count). The Balaban J connectivity index is 1.79. The standard InChI is InChI=1S/C17H18FN5O2/c18-11-1-2-14(12(9-11)16(19)24)22-5-7-23(8-6-22)15-3-4-21-10-13(15)17(20)25/h1-4,9-10H,5-8H2,(H2,19,24)(H2,20,25). The average Bonchev–Trinajstić information content (AvgIpc) is 2.62. The fourth-order valence-corrected chi connectivity index (χ4v) is 3.02. The molecule has 0 radical (unpaired) electrons. The van der Waals surface area contributed by atoms with E-state index in [9.17, 15) is 14.0 Å². The molecule has 1 fully saturated rings. The Morgan fingerprint density at radius 3 is 2.04 bits per heavy atom. The van der Waals surface area contributed by atoms with E-state index in [1.807, 2.05) is 9.80 Å². The van der Waals surface area contributed by atoms with Crippen molar-refractivity contribution in [3.8, 4) is 0 Å². The summed E-state index contributed by atoms with van der Waals surface area (Å²) in [5.74, 6) is -1.69. The van der Waals surface area contributed by atoms with Gasteiger partial charge in [0.2, 0.25) is 0 Å². The van der Waals surface area contributed by atoms with Crippen LogP contribution in [0.1, 0.15) is 20.7 Å². The van der Waals surface area contributed by atoms with Crippen LogP contribution in [-0.2, 0) is 0 Å². The maximum atomic E-state index is 13.4. The van der Waals surface area contributed by atoms with Crippen molar-refractivity contribution in [2.24, 2.45) is 11.5 Å². The van der Waals surface area contributed by atoms with Gasteiger partial charge < -0.3 is 21.3 Å². The molecule has 2 aromatic rings. The van der Waals surface area contributed by atoms with Gasteiger partial charge in [-0.25, -0.2) is 4.39 Å². The van der Waals surface area contributed by atoms with E-state index in [0.717, 1.165) is 11.8 Å². The Morgan fingerprint density at radius 1 is 0.920 bits per heavy atom. The van der Waals surface area contributed by atoms with Crippen molar-refractivity contribution >= 4 is 23.2 Å². The van der Waals surface area contributed by atoms with Gasteiger partial charge in [0.15, 0.2) is 0 Å². The summed E-state index contributed by atoms with van der Waals surface area (Å²) in [6.07, 6.45) is 3.06. The van der Waals surface area contributed by atoms with E-state index in [1.165, 1.54) is 12.3 Å². The monoisotopic (exact) mass is 343 g/mol. The number of primary amides is 2. The molecule has 0 bridgehead atoms. The van der Waals surface area contributed by atoms with Crippen LogP contribution in [0.15, 0.2) is 36.7 Å². The number of halogens is 1. The van der Waals surface area contributed by atoms with Crippen molar-refractivity contribution in [1.29, 1.82) is 0 Å². The molecule has 1 aliphatic rings. The Kier molecular flexibility index (Phi) is 4.51. The lowest BCUT2D eigenvalue weighted by Gasteiger charge is -2.38. The number of carbonyl (C=O) groups is 2. The van der Waals surface area contributed by atoms with Crippen LogP contribution in [0.5, 0.6) is 0 Å². The number of pyridine rings is 1. The van der Waals surface area contributed by atoms with E-state index in [2.05, 4.69) is 4.98 Å². The highest BCUT2D eigenvalue weighted by atomic mass is 19.1. The minimum Gasteiger partial charge on any atom is -0.367 e. The number of hydrogen-bond donors (Lipinski definition) is 2. The van der Waals surface area contributed by atoms with Crippen LogP contribution < -0.4 is 21.3 Å². The van der Waals surface area contributed by atoms with Crippen LogP contribution in [0.3, 0.4) is 0 Å². The molecule has 7 nitrogen and oxygen atoms in total. The average molecular weight is 343 g/mol. The molecular formula is C17H18FN5O2. The largest absolute Gasteiger partial charge is 0.367 e. The lowest BCUT2D eigenvalue weighted by molar-refractivity contribution is 0.0991. The van der Waals surface area contributed by atoms with Gasteiger partial charge in [-0.05, 0) is 24.3 Å². The number of nitrogens with two attached hydrogens (primary N) is 2. The molecule has 2 amide bonds. The summed E-state index contributed by atoms with van der Waals surface area (Å²) in [4.78, 5) is 31.1. The highest BCUT2D eigenvalue weighted by Gasteiger charge is 2.23. The fraction of sp³-hybridized carbons (Fsp3) is 0.235. The molecule has 1 saturated heterocycles. The van der Waals surface area contributed by atoms with Crippen molar-refractivity contribution in [3.05, 3.63) is 53.6 Å². The van der Waals surface area contributed by atoms with Crippen LogP contribution in [0.25, 0.3) is 0 Å². The van der Waals surface area contributed by atoms with Crippen LogP contribution in [-0.4, -0.2) is 43.0 Å². The second-order valence-corrected chi connectivity index (χ2v) is 5.76. The highest BCUT2D eigenvalue weighted by Crippen LogP contribution is 2.26. The van der Waals surface area contributed by atoms with Crippen molar-refractivity contribution < 1.29 is 14.0 Å². The Labute approximate surface area is 144 Å². The molecule has 0 spiro atoms. The van der Waals surface area contributed by atoms with Gasteiger partial charge in [0.1, 0.15) is 5.82 Å². The van der Waals surface area contributed by atoms with Gasteiger partial charge in [-0.3, -0.25) is 14.6 Å². The van der Waals surface area contributed by atoms with E-state index >= 15 is 0 Å². The van der Waals surface area contributed by atoms with Crippen molar-refractivity contribution in [1.82, 2.24) is 4.98 Å². The number of amides is 2. The SMILES string of the molecule is NC(=O)c1cnccc1N1CCN(c2ccc(F)cc2C(N)=O)CC1. The molecule has 4 N–H and O–H groups in total. The first-order chi connectivity index (χ1) is 12.0. The third-order valence-corrected chi connectivity index (χ3v) is 4.25. The first-order valence-electron chi connectivity index (χ1n) is 7.80. The van der Waals surface area contributed by atoms with E-state index < -0.39 is 17.6 Å². The molecule has 1 aromatic carbocycles. The van der Waals surface area contributed by atoms with Gasteiger partial charge in [-0.1, -0.05) is 0 Å². The zero-order valence-electron chi connectivity index (χ0n) is 13.5. The van der Waals surface area contributed by atoms with E-state index in [-0.39, 0.29) is 5.56 Å².